The van der Waals surface area contributed by atoms with Crippen LogP contribution in [0, 0.1) is 0 Å². The van der Waals surface area contributed by atoms with E-state index in [2.05, 4.69) is 74.9 Å². The summed E-state index contributed by atoms with van der Waals surface area (Å²) in [6.07, 6.45) is 1.73. The second kappa shape index (κ2) is 11.1. The van der Waals surface area contributed by atoms with Gasteiger partial charge in [-0.05, 0) is 30.8 Å². The van der Waals surface area contributed by atoms with E-state index in [1.54, 1.807) is 13.4 Å². The summed E-state index contributed by atoms with van der Waals surface area (Å²) in [6.45, 7) is 7.66. The van der Waals surface area contributed by atoms with E-state index in [9.17, 15) is 0 Å². The van der Waals surface area contributed by atoms with Crippen LogP contribution in [0.1, 0.15) is 31.3 Å². The van der Waals surface area contributed by atoms with Gasteiger partial charge in [0.05, 0.1) is 12.6 Å². The molecule has 30 heavy (non-hydrogen) atoms. The van der Waals surface area contributed by atoms with E-state index in [0.29, 0.717) is 6.54 Å². The fourth-order valence-electron chi connectivity index (χ4n) is 3.56. The zero-order valence-electron chi connectivity index (χ0n) is 18.0. The molecule has 7 nitrogen and oxygen atoms in total. The Morgan fingerprint density at radius 1 is 1.00 bits per heavy atom. The molecule has 0 saturated carbocycles. The Morgan fingerprint density at radius 2 is 1.67 bits per heavy atom. The molecule has 1 heterocycles. The zero-order chi connectivity index (χ0) is 21.2. The lowest BCUT2D eigenvalue weighted by molar-refractivity contribution is 0.219. The summed E-state index contributed by atoms with van der Waals surface area (Å²) in [5, 5.41) is 15.2. The first-order valence-corrected chi connectivity index (χ1v) is 10.4. The Bertz CT molecular complexity index is 902. The standard InChI is InChI=1S/C23H31N7/c1-4-29(5-2)21(19-12-8-6-9-13-19)16-25-23(24-3)26-17-22-28-27-18-30(22)20-14-10-7-11-15-20/h6-15,18,21H,4-5,16-17H2,1-3H3,(H2,24,25,26). The molecule has 2 N–H and O–H groups in total. The van der Waals surface area contributed by atoms with Crippen LogP contribution >= 0.6 is 0 Å². The van der Waals surface area contributed by atoms with Gasteiger partial charge < -0.3 is 10.6 Å². The number of likely N-dealkylation sites (N-methyl/N-ethyl adjacent to an activating group) is 1. The predicted molar refractivity (Wildman–Crippen MR) is 122 cm³/mol. The van der Waals surface area contributed by atoms with Crippen LogP contribution in [0.2, 0.25) is 0 Å². The first kappa shape index (κ1) is 21.5. The lowest BCUT2D eigenvalue weighted by Crippen LogP contribution is -2.43. The quantitative estimate of drug-likeness (QED) is 0.423. The zero-order valence-corrected chi connectivity index (χ0v) is 18.0. The maximum Gasteiger partial charge on any atom is 0.191 e. The van der Waals surface area contributed by atoms with E-state index in [-0.39, 0.29) is 6.04 Å². The lowest BCUT2D eigenvalue weighted by atomic mass is 10.1. The van der Waals surface area contributed by atoms with Gasteiger partial charge in [0.15, 0.2) is 11.8 Å². The van der Waals surface area contributed by atoms with Crippen LogP contribution in [0.25, 0.3) is 5.69 Å². The van der Waals surface area contributed by atoms with Gasteiger partial charge in [-0.15, -0.1) is 10.2 Å². The minimum atomic E-state index is 0.271. The third-order valence-electron chi connectivity index (χ3n) is 5.19. The van der Waals surface area contributed by atoms with E-state index in [1.165, 1.54) is 5.56 Å². The molecule has 3 rings (SSSR count). The fraction of sp³-hybridized carbons (Fsp3) is 0.348. The molecule has 0 fully saturated rings. The smallest absolute Gasteiger partial charge is 0.191 e. The highest BCUT2D eigenvalue weighted by molar-refractivity contribution is 5.79. The molecule has 0 spiro atoms. The summed E-state index contributed by atoms with van der Waals surface area (Å²) in [4.78, 5) is 6.83. The van der Waals surface area contributed by atoms with Gasteiger partial charge in [-0.25, -0.2) is 0 Å². The number of benzene rings is 2. The van der Waals surface area contributed by atoms with Crippen molar-refractivity contribution in [1.29, 1.82) is 0 Å². The fourth-order valence-corrected chi connectivity index (χ4v) is 3.56. The minimum Gasteiger partial charge on any atom is -0.354 e. The van der Waals surface area contributed by atoms with Crippen LogP contribution in [-0.2, 0) is 6.54 Å². The van der Waals surface area contributed by atoms with Crippen molar-refractivity contribution in [2.24, 2.45) is 4.99 Å². The molecule has 2 aromatic carbocycles. The molecule has 0 aliphatic carbocycles. The monoisotopic (exact) mass is 405 g/mol. The number of nitrogens with zero attached hydrogens (tertiary/aromatic N) is 5. The molecule has 1 unspecified atom stereocenters. The number of aromatic nitrogens is 3. The molecule has 0 saturated heterocycles. The van der Waals surface area contributed by atoms with Crippen molar-refractivity contribution in [2.45, 2.75) is 26.4 Å². The molecule has 1 atom stereocenters. The summed E-state index contributed by atoms with van der Waals surface area (Å²) in [6, 6.07) is 21.0. The van der Waals surface area contributed by atoms with Gasteiger partial charge in [-0.2, -0.15) is 0 Å². The summed E-state index contributed by atoms with van der Waals surface area (Å²) < 4.78 is 1.98. The first-order chi connectivity index (χ1) is 14.8. The number of aliphatic imine (C=N–C) groups is 1. The third kappa shape index (κ3) is 5.45. The van der Waals surface area contributed by atoms with Gasteiger partial charge in [0.2, 0.25) is 0 Å². The summed E-state index contributed by atoms with van der Waals surface area (Å²) in [5.74, 6) is 1.57. The van der Waals surface area contributed by atoms with E-state index < -0.39 is 0 Å². The Morgan fingerprint density at radius 3 is 2.30 bits per heavy atom. The molecular formula is C23H31N7. The molecule has 0 radical (unpaired) electrons. The van der Waals surface area contributed by atoms with E-state index in [1.807, 2.05) is 34.9 Å². The van der Waals surface area contributed by atoms with Crippen molar-refractivity contribution >= 4 is 5.96 Å². The molecule has 0 aliphatic heterocycles. The highest BCUT2D eigenvalue weighted by Gasteiger charge is 2.18. The highest BCUT2D eigenvalue weighted by Crippen LogP contribution is 2.19. The van der Waals surface area contributed by atoms with Gasteiger partial charge in [0, 0.05) is 19.3 Å². The SMILES string of the molecule is CCN(CC)C(CNC(=NC)NCc1nncn1-c1ccccc1)c1ccccc1. The molecule has 3 aromatic rings. The van der Waals surface area contributed by atoms with Crippen molar-refractivity contribution in [2.75, 3.05) is 26.7 Å². The molecule has 7 heteroatoms. The average Bonchev–Trinajstić information content (AvgIpc) is 3.28. The number of hydrogen-bond acceptors (Lipinski definition) is 4. The number of nitrogens with one attached hydrogen (secondary N) is 2. The summed E-state index contributed by atoms with van der Waals surface area (Å²) in [5.41, 5.74) is 2.33. The topological polar surface area (TPSA) is 70.4 Å². The second-order valence-electron chi connectivity index (χ2n) is 6.91. The van der Waals surface area contributed by atoms with Gasteiger partial charge >= 0.3 is 0 Å². The van der Waals surface area contributed by atoms with Crippen molar-refractivity contribution in [3.63, 3.8) is 0 Å². The van der Waals surface area contributed by atoms with E-state index >= 15 is 0 Å². The van der Waals surface area contributed by atoms with Crippen LogP contribution < -0.4 is 10.6 Å². The van der Waals surface area contributed by atoms with Crippen molar-refractivity contribution in [3.05, 3.63) is 78.4 Å². The minimum absolute atomic E-state index is 0.271. The molecule has 1 aromatic heterocycles. The maximum atomic E-state index is 4.38. The number of hydrogen-bond donors (Lipinski definition) is 2. The van der Waals surface area contributed by atoms with Crippen molar-refractivity contribution < 1.29 is 0 Å². The molecule has 0 bridgehead atoms. The molecule has 0 amide bonds. The van der Waals surface area contributed by atoms with Gasteiger partial charge in [-0.3, -0.25) is 14.5 Å². The van der Waals surface area contributed by atoms with E-state index in [0.717, 1.165) is 37.1 Å². The van der Waals surface area contributed by atoms with Crippen LogP contribution in [0.5, 0.6) is 0 Å². The number of guanidine groups is 1. The second-order valence-corrected chi connectivity index (χ2v) is 6.91. The lowest BCUT2D eigenvalue weighted by Gasteiger charge is -2.30. The Hall–Kier alpha value is -3.19. The average molecular weight is 406 g/mol. The third-order valence-corrected chi connectivity index (χ3v) is 5.19. The number of para-hydroxylation sites is 1. The van der Waals surface area contributed by atoms with Crippen LogP contribution in [-0.4, -0.2) is 52.3 Å². The Labute approximate surface area is 178 Å². The Balaban J connectivity index is 1.64. The molecule has 158 valence electrons. The highest BCUT2D eigenvalue weighted by atomic mass is 15.3. The normalized spacial score (nSPS) is 12.7. The van der Waals surface area contributed by atoms with Crippen LogP contribution in [0.15, 0.2) is 72.0 Å². The van der Waals surface area contributed by atoms with Crippen LogP contribution in [0.3, 0.4) is 0 Å². The molecular weight excluding hydrogens is 374 g/mol. The maximum absolute atomic E-state index is 4.38. The van der Waals surface area contributed by atoms with Crippen molar-refractivity contribution in [1.82, 2.24) is 30.3 Å². The molecule has 0 aliphatic rings. The van der Waals surface area contributed by atoms with Gasteiger partial charge in [0.25, 0.3) is 0 Å². The van der Waals surface area contributed by atoms with Gasteiger partial charge in [-0.1, -0.05) is 62.4 Å². The largest absolute Gasteiger partial charge is 0.354 e. The van der Waals surface area contributed by atoms with Crippen molar-refractivity contribution in [3.8, 4) is 5.69 Å². The first-order valence-electron chi connectivity index (χ1n) is 10.4. The summed E-state index contributed by atoms with van der Waals surface area (Å²) in [7, 11) is 1.78. The van der Waals surface area contributed by atoms with E-state index in [4.69, 9.17) is 0 Å². The predicted octanol–water partition coefficient (Wildman–Crippen LogP) is 3.02. The number of rotatable bonds is 9. The van der Waals surface area contributed by atoms with Gasteiger partial charge in [0.1, 0.15) is 6.33 Å². The Kier molecular flexibility index (Phi) is 7.97. The van der Waals surface area contributed by atoms with Crippen LogP contribution in [0.4, 0.5) is 0 Å². The summed E-state index contributed by atoms with van der Waals surface area (Å²) >= 11 is 0.